The van der Waals surface area contributed by atoms with E-state index in [2.05, 4.69) is 17.9 Å². The summed E-state index contributed by atoms with van der Waals surface area (Å²) in [6.07, 6.45) is -0.889. The molecular weight excluding hydrogens is 204 g/mol. The molecule has 0 aliphatic rings. The van der Waals surface area contributed by atoms with Gasteiger partial charge in [0, 0.05) is 0 Å². The Morgan fingerprint density at radius 1 is 0.933 bits per heavy atom. The zero-order valence-corrected chi connectivity index (χ0v) is 8.36. The molecule has 0 fully saturated rings. The minimum absolute atomic E-state index is 0.365. The van der Waals surface area contributed by atoms with Crippen LogP contribution in [0.15, 0.2) is 25.3 Å². The van der Waals surface area contributed by atoms with Crippen molar-refractivity contribution >= 4 is 0 Å². The fraction of sp³-hybridized carbons (Fsp3) is 0.556. The summed E-state index contributed by atoms with van der Waals surface area (Å²) in [5, 5.41) is 41.2. The Morgan fingerprint density at radius 2 is 1.27 bits per heavy atom. The maximum Gasteiger partial charge on any atom is 0.177 e. The fourth-order valence-corrected chi connectivity index (χ4v) is 0.312. The van der Waals surface area contributed by atoms with Crippen molar-refractivity contribution in [2.24, 2.45) is 0 Å². The Balaban J connectivity index is 0. The van der Waals surface area contributed by atoms with Gasteiger partial charge in [0.25, 0.3) is 0 Å². The lowest BCUT2D eigenvalue weighted by Gasteiger charge is -2.09. The molecule has 0 saturated carbocycles. The molecule has 90 valence electrons. The van der Waals surface area contributed by atoms with E-state index in [-0.39, 0.29) is 13.2 Å². The predicted octanol–water partition coefficient (Wildman–Crippen LogP) is -1.66. The van der Waals surface area contributed by atoms with Crippen LogP contribution >= 0.6 is 0 Å². The topological polar surface area (TPSA) is 110 Å². The number of rotatable bonds is 6. The monoisotopic (exact) mass is 222 g/mol. The van der Waals surface area contributed by atoms with Crippen molar-refractivity contribution in [3.8, 4) is 0 Å². The van der Waals surface area contributed by atoms with Gasteiger partial charge in [-0.2, -0.15) is 0 Å². The number of ether oxygens (including phenoxy) is 1. The van der Waals surface area contributed by atoms with Gasteiger partial charge in [-0.15, -0.1) is 0 Å². The Hall–Kier alpha value is -0.760. The third kappa shape index (κ3) is 13.2. The van der Waals surface area contributed by atoms with E-state index in [1.807, 2.05) is 0 Å². The minimum Gasteiger partial charge on any atom is -0.394 e. The highest BCUT2D eigenvalue weighted by molar-refractivity contribution is 4.75. The second-order valence-corrected chi connectivity index (χ2v) is 2.41. The van der Waals surface area contributed by atoms with Crippen molar-refractivity contribution < 1.29 is 30.3 Å². The van der Waals surface area contributed by atoms with Crippen LogP contribution in [0.1, 0.15) is 0 Å². The van der Waals surface area contributed by atoms with Crippen molar-refractivity contribution in [2.75, 3.05) is 13.2 Å². The number of hydrogen-bond donors (Lipinski definition) is 5. The molecule has 6 heteroatoms. The maximum atomic E-state index is 8.61. The molecule has 0 spiro atoms. The second kappa shape index (κ2) is 11.3. The first-order valence-corrected chi connectivity index (χ1v) is 4.18. The van der Waals surface area contributed by atoms with Gasteiger partial charge in [0.15, 0.2) is 12.6 Å². The molecule has 0 aromatic carbocycles. The van der Waals surface area contributed by atoms with Crippen LogP contribution in [-0.4, -0.2) is 57.4 Å². The van der Waals surface area contributed by atoms with Crippen LogP contribution < -0.4 is 0 Å². The lowest BCUT2D eigenvalue weighted by Crippen LogP contribution is -2.17. The van der Waals surface area contributed by atoms with Crippen LogP contribution in [0.4, 0.5) is 0 Å². The predicted molar refractivity (Wildman–Crippen MR) is 53.7 cm³/mol. The van der Waals surface area contributed by atoms with Gasteiger partial charge in [-0.05, 0) is 12.2 Å². The average Bonchev–Trinajstić information content (AvgIpc) is 2.28. The second-order valence-electron chi connectivity index (χ2n) is 2.41. The molecule has 5 N–H and O–H groups in total. The summed E-state index contributed by atoms with van der Waals surface area (Å²) < 4.78 is 4.42. The standard InChI is InChI=1S/C6H10O3.C3H8O3/c1-3-5(7)9-6(8)4-2;4-1-3(6)2-5/h3-8H,1-2H2;3-6H,1-2H2. The molecule has 0 aliphatic heterocycles. The Morgan fingerprint density at radius 3 is 1.40 bits per heavy atom. The summed E-state index contributed by atoms with van der Waals surface area (Å²) in [5.41, 5.74) is 0. The lowest BCUT2D eigenvalue weighted by atomic mass is 10.4. The van der Waals surface area contributed by atoms with Crippen molar-refractivity contribution in [1.82, 2.24) is 0 Å². The summed E-state index contributed by atoms with van der Waals surface area (Å²) in [6.45, 7) is 5.73. The number of hydrogen-bond acceptors (Lipinski definition) is 6. The first kappa shape index (κ1) is 16.7. The molecule has 0 rings (SSSR count). The molecule has 0 heterocycles. The van der Waals surface area contributed by atoms with Crippen molar-refractivity contribution in [2.45, 2.75) is 18.7 Å². The largest absolute Gasteiger partial charge is 0.394 e. The summed E-state index contributed by atoms with van der Waals surface area (Å²) in [5.74, 6) is 0. The molecule has 0 aromatic rings. The van der Waals surface area contributed by atoms with E-state index in [1.165, 1.54) is 0 Å². The van der Waals surface area contributed by atoms with Gasteiger partial charge in [-0.1, -0.05) is 13.2 Å². The molecule has 15 heavy (non-hydrogen) atoms. The molecule has 0 bridgehead atoms. The zero-order chi connectivity index (χ0) is 12.3. The van der Waals surface area contributed by atoms with Crippen molar-refractivity contribution in [3.63, 3.8) is 0 Å². The van der Waals surface area contributed by atoms with E-state index in [4.69, 9.17) is 25.5 Å². The molecule has 2 atom stereocenters. The highest BCUT2D eigenvalue weighted by atomic mass is 16.7. The SMILES string of the molecule is C=CC(O)OC(O)C=C.OCC(O)CO. The third-order valence-corrected chi connectivity index (χ3v) is 1.10. The number of aliphatic hydroxyl groups is 5. The van der Waals surface area contributed by atoms with Gasteiger partial charge in [0.1, 0.15) is 6.10 Å². The average molecular weight is 222 g/mol. The van der Waals surface area contributed by atoms with Gasteiger partial charge in [0.2, 0.25) is 0 Å². The molecule has 0 aromatic heterocycles. The van der Waals surface area contributed by atoms with Crippen LogP contribution in [0, 0.1) is 0 Å². The molecule has 0 radical (unpaired) electrons. The summed E-state index contributed by atoms with van der Waals surface area (Å²) in [4.78, 5) is 0. The summed E-state index contributed by atoms with van der Waals surface area (Å²) in [7, 11) is 0. The number of aliphatic hydroxyl groups excluding tert-OH is 5. The smallest absolute Gasteiger partial charge is 0.177 e. The van der Waals surface area contributed by atoms with Crippen molar-refractivity contribution in [3.05, 3.63) is 25.3 Å². The van der Waals surface area contributed by atoms with E-state index >= 15 is 0 Å². The maximum absolute atomic E-state index is 8.61. The van der Waals surface area contributed by atoms with Crippen molar-refractivity contribution in [1.29, 1.82) is 0 Å². The quantitative estimate of drug-likeness (QED) is 0.272. The normalized spacial score (nSPS) is 13.7. The highest BCUT2D eigenvalue weighted by Crippen LogP contribution is 1.93. The Kier molecular flexibility index (Phi) is 12.6. The first-order chi connectivity index (χ1) is 7.01. The van der Waals surface area contributed by atoms with Gasteiger partial charge >= 0.3 is 0 Å². The lowest BCUT2D eigenvalue weighted by molar-refractivity contribution is -0.163. The van der Waals surface area contributed by atoms with E-state index in [0.29, 0.717) is 0 Å². The molecule has 0 amide bonds. The first-order valence-electron chi connectivity index (χ1n) is 4.18. The molecular formula is C9H18O6. The van der Waals surface area contributed by atoms with Gasteiger partial charge in [0.05, 0.1) is 13.2 Å². The minimum atomic E-state index is -1.13. The van der Waals surface area contributed by atoms with E-state index in [0.717, 1.165) is 12.2 Å². The summed E-state index contributed by atoms with van der Waals surface area (Å²) >= 11 is 0. The van der Waals surface area contributed by atoms with Crippen LogP contribution in [-0.2, 0) is 4.74 Å². The molecule has 2 unspecified atom stereocenters. The molecule has 6 nitrogen and oxygen atoms in total. The molecule has 0 saturated heterocycles. The van der Waals surface area contributed by atoms with E-state index in [9.17, 15) is 0 Å². The summed E-state index contributed by atoms with van der Waals surface area (Å²) in [6, 6.07) is 0. The van der Waals surface area contributed by atoms with Gasteiger partial charge < -0.3 is 30.3 Å². The van der Waals surface area contributed by atoms with Crippen LogP contribution in [0.25, 0.3) is 0 Å². The molecule has 0 aliphatic carbocycles. The highest BCUT2D eigenvalue weighted by Gasteiger charge is 2.01. The van der Waals surface area contributed by atoms with Crippen LogP contribution in [0.3, 0.4) is 0 Å². The van der Waals surface area contributed by atoms with Gasteiger partial charge in [-0.25, -0.2) is 0 Å². The third-order valence-electron chi connectivity index (χ3n) is 1.10. The van der Waals surface area contributed by atoms with Gasteiger partial charge in [-0.3, -0.25) is 0 Å². The van der Waals surface area contributed by atoms with E-state index < -0.39 is 18.7 Å². The van der Waals surface area contributed by atoms with Crippen LogP contribution in [0.5, 0.6) is 0 Å². The fourth-order valence-electron chi connectivity index (χ4n) is 0.312. The Labute approximate surface area is 88.4 Å². The van der Waals surface area contributed by atoms with Crippen LogP contribution in [0.2, 0.25) is 0 Å². The van der Waals surface area contributed by atoms with E-state index in [1.54, 1.807) is 0 Å². The Bertz CT molecular complexity index is 145. The zero-order valence-electron chi connectivity index (χ0n) is 8.36.